The molecule has 0 spiro atoms. The summed E-state index contributed by atoms with van der Waals surface area (Å²) in [5.74, 6) is -0.980. The fourth-order valence-corrected chi connectivity index (χ4v) is 2.30. The molecule has 1 aliphatic heterocycles. The van der Waals surface area contributed by atoms with Gasteiger partial charge in [0.25, 0.3) is 0 Å². The first-order valence-corrected chi connectivity index (χ1v) is 6.57. The number of carbonyl (C=O) groups is 2. The lowest BCUT2D eigenvalue weighted by atomic mass is 9.94. The molecule has 0 saturated carbocycles. The van der Waals surface area contributed by atoms with Crippen LogP contribution in [-0.2, 0) is 14.3 Å². The first-order chi connectivity index (χ1) is 9.21. The summed E-state index contributed by atoms with van der Waals surface area (Å²) in [7, 11) is 1.26. The Kier molecular flexibility index (Phi) is 5.16. The Hall–Kier alpha value is -1.56. The van der Waals surface area contributed by atoms with E-state index in [0.717, 1.165) is 0 Å². The summed E-state index contributed by atoms with van der Waals surface area (Å²) in [6.07, 6.45) is 0.603. The normalized spacial score (nSPS) is 26.2. The van der Waals surface area contributed by atoms with Gasteiger partial charge in [0.05, 0.1) is 19.8 Å². The number of allylic oxidation sites excluding steroid dienone is 1. The summed E-state index contributed by atoms with van der Waals surface area (Å²) in [4.78, 5) is 25.3. The highest BCUT2D eigenvalue weighted by atomic mass is 16.6. The van der Waals surface area contributed by atoms with Crippen molar-refractivity contribution in [2.45, 2.75) is 44.9 Å². The average molecular weight is 285 g/mol. The molecule has 0 aliphatic carbocycles. The van der Waals surface area contributed by atoms with Crippen LogP contribution in [0.25, 0.3) is 0 Å². The number of aliphatic hydroxyl groups excluding tert-OH is 1. The van der Waals surface area contributed by atoms with Gasteiger partial charge in [0.1, 0.15) is 11.6 Å². The zero-order chi connectivity index (χ0) is 15.5. The molecule has 1 N–H and O–H groups in total. The lowest BCUT2D eigenvalue weighted by Gasteiger charge is -2.28. The SMILES string of the molecule is C=CC[C@@H]1[C@H](O)CN(C(=O)OC(C)(C)C)[C@@H]1C(=O)OC. The van der Waals surface area contributed by atoms with E-state index in [-0.39, 0.29) is 6.54 Å². The largest absolute Gasteiger partial charge is 0.467 e. The number of nitrogens with zero attached hydrogens (tertiary/aromatic N) is 1. The van der Waals surface area contributed by atoms with Gasteiger partial charge in [0, 0.05) is 5.92 Å². The molecule has 0 aromatic rings. The van der Waals surface area contributed by atoms with Gasteiger partial charge >= 0.3 is 12.1 Å². The maximum atomic E-state index is 12.1. The summed E-state index contributed by atoms with van der Waals surface area (Å²) >= 11 is 0. The van der Waals surface area contributed by atoms with Crippen LogP contribution in [0, 0.1) is 5.92 Å². The van der Waals surface area contributed by atoms with Crippen LogP contribution in [0.2, 0.25) is 0 Å². The van der Waals surface area contributed by atoms with Crippen LogP contribution in [0.5, 0.6) is 0 Å². The number of methoxy groups -OCH3 is 1. The number of hydrogen-bond acceptors (Lipinski definition) is 5. The zero-order valence-corrected chi connectivity index (χ0v) is 12.5. The van der Waals surface area contributed by atoms with Gasteiger partial charge in [-0.3, -0.25) is 4.90 Å². The number of ether oxygens (including phenoxy) is 2. The molecule has 0 aromatic heterocycles. The van der Waals surface area contributed by atoms with Crippen molar-refractivity contribution in [3.63, 3.8) is 0 Å². The van der Waals surface area contributed by atoms with Gasteiger partial charge in [-0.1, -0.05) is 6.08 Å². The van der Waals surface area contributed by atoms with E-state index in [4.69, 9.17) is 9.47 Å². The van der Waals surface area contributed by atoms with E-state index in [2.05, 4.69) is 6.58 Å². The van der Waals surface area contributed by atoms with E-state index in [1.54, 1.807) is 26.8 Å². The zero-order valence-electron chi connectivity index (χ0n) is 12.5. The highest BCUT2D eigenvalue weighted by Crippen LogP contribution is 2.30. The van der Waals surface area contributed by atoms with Gasteiger partial charge in [0.2, 0.25) is 0 Å². The molecule has 0 unspecified atom stereocenters. The van der Waals surface area contributed by atoms with Crippen LogP contribution in [-0.4, -0.2) is 53.5 Å². The third-order valence-electron chi connectivity index (χ3n) is 3.13. The number of β-amino-alcohol motifs (C(OH)–C–C–N with tert-alkyl or cyclic N) is 1. The Bertz CT molecular complexity index is 388. The molecular weight excluding hydrogens is 262 g/mol. The maximum Gasteiger partial charge on any atom is 0.411 e. The topological polar surface area (TPSA) is 76.1 Å². The summed E-state index contributed by atoms with van der Waals surface area (Å²) in [5.41, 5.74) is -0.667. The molecule has 1 heterocycles. The lowest BCUT2D eigenvalue weighted by Crippen LogP contribution is -2.46. The summed E-state index contributed by atoms with van der Waals surface area (Å²) in [6.45, 7) is 8.88. The molecule has 3 atom stereocenters. The van der Waals surface area contributed by atoms with Crippen molar-refractivity contribution in [2.24, 2.45) is 5.92 Å². The van der Waals surface area contributed by atoms with Crippen LogP contribution < -0.4 is 0 Å². The number of aliphatic hydroxyl groups is 1. The van der Waals surface area contributed by atoms with Gasteiger partial charge in [-0.15, -0.1) is 6.58 Å². The Morgan fingerprint density at radius 3 is 2.50 bits per heavy atom. The average Bonchev–Trinajstić information content (AvgIpc) is 2.65. The minimum absolute atomic E-state index is 0.0488. The molecule has 0 bridgehead atoms. The summed E-state index contributed by atoms with van der Waals surface area (Å²) in [5, 5.41) is 10.0. The molecule has 1 aliphatic rings. The second-order valence-corrected chi connectivity index (χ2v) is 5.86. The van der Waals surface area contributed by atoms with E-state index in [9.17, 15) is 14.7 Å². The number of esters is 1. The Balaban J connectivity index is 2.96. The van der Waals surface area contributed by atoms with Crippen molar-refractivity contribution in [1.82, 2.24) is 4.90 Å². The monoisotopic (exact) mass is 285 g/mol. The summed E-state index contributed by atoms with van der Waals surface area (Å²) < 4.78 is 10.00. The molecule has 1 amide bonds. The minimum atomic E-state index is -0.845. The van der Waals surface area contributed by atoms with Gasteiger partial charge in [0.15, 0.2) is 0 Å². The molecule has 1 rings (SSSR count). The molecular formula is C14H23NO5. The Morgan fingerprint density at radius 2 is 2.05 bits per heavy atom. The van der Waals surface area contributed by atoms with Crippen LogP contribution >= 0.6 is 0 Å². The molecule has 20 heavy (non-hydrogen) atoms. The number of likely N-dealkylation sites (tertiary alicyclic amines) is 1. The van der Waals surface area contributed by atoms with E-state index >= 15 is 0 Å². The minimum Gasteiger partial charge on any atom is -0.467 e. The van der Waals surface area contributed by atoms with E-state index in [1.807, 2.05) is 0 Å². The first-order valence-electron chi connectivity index (χ1n) is 6.57. The quantitative estimate of drug-likeness (QED) is 0.625. The molecule has 1 fully saturated rings. The van der Waals surface area contributed by atoms with Crippen molar-refractivity contribution in [2.75, 3.05) is 13.7 Å². The third-order valence-corrected chi connectivity index (χ3v) is 3.13. The molecule has 1 saturated heterocycles. The highest BCUT2D eigenvalue weighted by Gasteiger charge is 2.48. The predicted octanol–water partition coefficient (Wildman–Crippen LogP) is 1.33. The summed E-state index contributed by atoms with van der Waals surface area (Å²) in [6, 6.07) is -0.845. The van der Waals surface area contributed by atoms with Crippen molar-refractivity contribution >= 4 is 12.1 Å². The molecule has 0 radical (unpaired) electrons. The van der Waals surface area contributed by atoms with Crippen LogP contribution in [0.15, 0.2) is 12.7 Å². The Morgan fingerprint density at radius 1 is 1.45 bits per heavy atom. The fourth-order valence-electron chi connectivity index (χ4n) is 2.30. The van der Waals surface area contributed by atoms with Gasteiger partial charge < -0.3 is 14.6 Å². The number of amides is 1. The smallest absolute Gasteiger partial charge is 0.411 e. The molecule has 6 heteroatoms. The van der Waals surface area contributed by atoms with Crippen molar-refractivity contribution < 1.29 is 24.2 Å². The second-order valence-electron chi connectivity index (χ2n) is 5.86. The van der Waals surface area contributed by atoms with Gasteiger partial charge in [-0.05, 0) is 27.2 Å². The van der Waals surface area contributed by atoms with Crippen molar-refractivity contribution in [3.05, 3.63) is 12.7 Å². The van der Waals surface area contributed by atoms with E-state index in [1.165, 1.54) is 12.0 Å². The fraction of sp³-hybridized carbons (Fsp3) is 0.714. The van der Waals surface area contributed by atoms with Crippen LogP contribution in [0.4, 0.5) is 4.79 Å². The van der Waals surface area contributed by atoms with E-state index in [0.29, 0.717) is 6.42 Å². The van der Waals surface area contributed by atoms with Crippen molar-refractivity contribution in [3.8, 4) is 0 Å². The van der Waals surface area contributed by atoms with Crippen molar-refractivity contribution in [1.29, 1.82) is 0 Å². The number of hydrogen-bond donors (Lipinski definition) is 1. The molecule has 114 valence electrons. The number of carbonyl (C=O) groups excluding carboxylic acids is 2. The second kappa shape index (κ2) is 6.26. The van der Waals surface area contributed by atoms with Gasteiger partial charge in [-0.2, -0.15) is 0 Å². The third kappa shape index (κ3) is 3.72. The lowest BCUT2D eigenvalue weighted by molar-refractivity contribution is -0.147. The van der Waals surface area contributed by atoms with Crippen LogP contribution in [0.1, 0.15) is 27.2 Å². The standard InChI is InChI=1S/C14H23NO5/c1-6-7-9-10(16)8-15(11(9)12(17)19-5)13(18)20-14(2,3)4/h6,9-11,16H,1,7-8H2,2-5H3/t9-,10-,11+/m1/s1. The molecule has 6 nitrogen and oxygen atoms in total. The first kappa shape index (κ1) is 16.5. The predicted molar refractivity (Wildman–Crippen MR) is 73.1 cm³/mol. The maximum absolute atomic E-state index is 12.1. The highest BCUT2D eigenvalue weighted by molar-refractivity contribution is 5.82. The molecule has 0 aromatic carbocycles. The Labute approximate surface area is 119 Å². The van der Waals surface area contributed by atoms with Gasteiger partial charge in [-0.25, -0.2) is 9.59 Å². The van der Waals surface area contributed by atoms with Crippen LogP contribution in [0.3, 0.4) is 0 Å². The number of rotatable bonds is 3. The van der Waals surface area contributed by atoms with E-state index < -0.39 is 35.7 Å².